The van der Waals surface area contributed by atoms with E-state index in [0.29, 0.717) is 0 Å². The van der Waals surface area contributed by atoms with E-state index in [0.717, 1.165) is 39.6 Å². The van der Waals surface area contributed by atoms with E-state index in [-0.39, 0.29) is 11.3 Å². The smallest absolute Gasteiger partial charge is 0.136 e. The van der Waals surface area contributed by atoms with Gasteiger partial charge in [-0.15, -0.1) is 0 Å². The second-order valence-corrected chi connectivity index (χ2v) is 16.1. The van der Waals surface area contributed by atoms with Crippen molar-refractivity contribution in [3.8, 4) is 44.5 Å². The Morgan fingerprint density at radius 3 is 2.09 bits per heavy atom. The molecule has 2 nitrogen and oxygen atoms in total. The number of fused-ring (bicyclic) bond motifs is 7. The quantitative estimate of drug-likeness (QED) is 0.184. The SMILES string of the molecule is CC1(C)c2cc(NC3=CC=CCC3c3ccc(-c4ccccc4)cc3-c3ccc4c(c3)oc3ccccc34)ccc2-c2ccc(-c3ccc4ccccc4c3)cc21. The van der Waals surface area contributed by atoms with E-state index in [1.54, 1.807) is 0 Å². The lowest BCUT2D eigenvalue weighted by Crippen LogP contribution is -2.16. The Bertz CT molecular complexity index is 3100. The van der Waals surface area contributed by atoms with Gasteiger partial charge in [0.1, 0.15) is 11.2 Å². The van der Waals surface area contributed by atoms with Crippen LogP contribution in [-0.4, -0.2) is 0 Å². The van der Waals surface area contributed by atoms with Gasteiger partial charge in [0.15, 0.2) is 0 Å². The average molecular weight is 732 g/mol. The molecule has 57 heavy (non-hydrogen) atoms. The number of hydrogen-bond donors (Lipinski definition) is 1. The van der Waals surface area contributed by atoms with Gasteiger partial charge in [-0.05, 0) is 133 Å². The van der Waals surface area contributed by atoms with Crippen LogP contribution in [0.15, 0.2) is 198 Å². The van der Waals surface area contributed by atoms with E-state index in [2.05, 4.69) is 201 Å². The summed E-state index contributed by atoms with van der Waals surface area (Å²) >= 11 is 0. The number of rotatable bonds is 6. The van der Waals surface area contributed by atoms with Crippen LogP contribution >= 0.6 is 0 Å². The summed E-state index contributed by atoms with van der Waals surface area (Å²) in [6.07, 6.45) is 7.65. The van der Waals surface area contributed by atoms with E-state index in [4.69, 9.17) is 4.42 Å². The summed E-state index contributed by atoms with van der Waals surface area (Å²) in [7, 11) is 0. The van der Waals surface area contributed by atoms with Crippen molar-refractivity contribution < 1.29 is 4.42 Å². The number of hydrogen-bond acceptors (Lipinski definition) is 2. The van der Waals surface area contributed by atoms with Crippen LogP contribution in [0.2, 0.25) is 0 Å². The predicted octanol–water partition coefficient (Wildman–Crippen LogP) is 15.1. The van der Waals surface area contributed by atoms with Crippen LogP contribution < -0.4 is 5.32 Å². The summed E-state index contributed by atoms with van der Waals surface area (Å²) in [5.74, 6) is 0.143. The lowest BCUT2D eigenvalue weighted by atomic mass is 9.81. The first kappa shape index (κ1) is 33.4. The molecule has 2 aliphatic rings. The van der Waals surface area contributed by atoms with Crippen molar-refractivity contribution in [1.29, 1.82) is 0 Å². The molecule has 2 heteroatoms. The lowest BCUT2D eigenvalue weighted by Gasteiger charge is -2.27. The number of para-hydroxylation sites is 1. The lowest BCUT2D eigenvalue weighted by molar-refractivity contribution is 0.660. The van der Waals surface area contributed by atoms with Gasteiger partial charge in [0.05, 0.1) is 0 Å². The topological polar surface area (TPSA) is 25.2 Å². The molecule has 8 aromatic carbocycles. The zero-order chi connectivity index (χ0) is 38.1. The summed E-state index contributed by atoms with van der Waals surface area (Å²) in [6.45, 7) is 4.74. The highest BCUT2D eigenvalue weighted by molar-refractivity contribution is 6.06. The molecule has 1 N–H and O–H groups in total. The van der Waals surface area contributed by atoms with E-state index < -0.39 is 0 Å². The normalized spacial score (nSPS) is 15.5. The molecule has 9 aromatic rings. The third-order valence-corrected chi connectivity index (χ3v) is 12.4. The number of benzene rings is 8. The van der Waals surface area contributed by atoms with Gasteiger partial charge in [0.2, 0.25) is 0 Å². The molecule has 0 aliphatic heterocycles. The van der Waals surface area contributed by atoms with Crippen molar-refractivity contribution in [2.24, 2.45) is 0 Å². The molecular formula is C55H41NO. The summed E-state index contributed by atoms with van der Waals surface area (Å²) in [5.41, 5.74) is 18.0. The summed E-state index contributed by atoms with van der Waals surface area (Å²) < 4.78 is 6.40. The van der Waals surface area contributed by atoms with Crippen LogP contribution in [0.3, 0.4) is 0 Å². The maximum atomic E-state index is 6.40. The van der Waals surface area contributed by atoms with Crippen molar-refractivity contribution in [2.75, 3.05) is 5.32 Å². The van der Waals surface area contributed by atoms with Gasteiger partial charge in [-0.3, -0.25) is 0 Å². The Labute approximate surface area is 333 Å². The van der Waals surface area contributed by atoms with E-state index in [1.165, 1.54) is 72.1 Å². The molecule has 1 aromatic heterocycles. The van der Waals surface area contributed by atoms with Crippen LogP contribution in [0, 0.1) is 0 Å². The first-order chi connectivity index (χ1) is 28.0. The number of furan rings is 1. The van der Waals surface area contributed by atoms with Gasteiger partial charge in [-0.2, -0.15) is 0 Å². The molecule has 0 amide bonds. The number of anilines is 1. The minimum atomic E-state index is -0.148. The highest BCUT2D eigenvalue weighted by Crippen LogP contribution is 2.51. The first-order valence-corrected chi connectivity index (χ1v) is 20.0. The zero-order valence-corrected chi connectivity index (χ0v) is 32.1. The van der Waals surface area contributed by atoms with Crippen LogP contribution in [0.4, 0.5) is 5.69 Å². The van der Waals surface area contributed by atoms with Gasteiger partial charge >= 0.3 is 0 Å². The molecule has 11 rings (SSSR count). The van der Waals surface area contributed by atoms with Crippen LogP contribution in [0.1, 0.15) is 42.9 Å². The number of nitrogens with one attached hydrogen (secondary N) is 1. The van der Waals surface area contributed by atoms with Crippen molar-refractivity contribution in [2.45, 2.75) is 31.6 Å². The molecule has 1 atom stereocenters. The minimum absolute atomic E-state index is 0.143. The van der Waals surface area contributed by atoms with Gasteiger partial charge in [-0.1, -0.05) is 147 Å². The molecule has 0 spiro atoms. The Morgan fingerprint density at radius 2 is 1.19 bits per heavy atom. The third kappa shape index (κ3) is 5.63. The third-order valence-electron chi connectivity index (χ3n) is 12.4. The van der Waals surface area contributed by atoms with Gasteiger partial charge in [-0.25, -0.2) is 0 Å². The standard InChI is InChI=1S/C55H41NO/c1-55(2)50-32-40(38-21-20-36-14-6-7-15-37(36)30-38)23-27-44(50)45-29-25-42(34-51(45)55)56-52-18-10-8-16-46(52)43-26-22-39(35-12-4-3-5-13-35)31-49(43)41-24-28-48-47-17-9-11-19-53(47)57-54(48)33-41/h3-15,17-34,46,56H,16H2,1-2H3. The summed E-state index contributed by atoms with van der Waals surface area (Å²) in [4.78, 5) is 0. The Kier molecular flexibility index (Phi) is 7.69. The van der Waals surface area contributed by atoms with Crippen LogP contribution in [0.5, 0.6) is 0 Å². The molecule has 0 saturated heterocycles. The average Bonchev–Trinajstić information content (AvgIpc) is 3.74. The first-order valence-electron chi connectivity index (χ1n) is 20.0. The Balaban J connectivity index is 0.948. The fourth-order valence-electron chi connectivity index (χ4n) is 9.40. The molecule has 272 valence electrons. The predicted molar refractivity (Wildman–Crippen MR) is 240 cm³/mol. The van der Waals surface area contributed by atoms with Gasteiger partial charge in [0.25, 0.3) is 0 Å². The monoisotopic (exact) mass is 731 g/mol. The summed E-state index contributed by atoms with van der Waals surface area (Å²) in [6, 6.07) is 62.1. The maximum absolute atomic E-state index is 6.40. The maximum Gasteiger partial charge on any atom is 0.136 e. The molecule has 1 unspecified atom stereocenters. The molecule has 0 bridgehead atoms. The molecular weight excluding hydrogens is 691 g/mol. The molecule has 1 heterocycles. The number of allylic oxidation sites excluding steroid dienone is 4. The van der Waals surface area contributed by atoms with E-state index >= 15 is 0 Å². The highest BCUT2D eigenvalue weighted by atomic mass is 16.3. The zero-order valence-electron chi connectivity index (χ0n) is 32.1. The van der Waals surface area contributed by atoms with Gasteiger partial charge < -0.3 is 9.73 Å². The second-order valence-electron chi connectivity index (χ2n) is 16.1. The summed E-state index contributed by atoms with van der Waals surface area (Å²) in [5, 5.41) is 8.77. The van der Waals surface area contributed by atoms with Crippen LogP contribution in [0.25, 0.3) is 77.2 Å². The molecule has 0 saturated carbocycles. The van der Waals surface area contributed by atoms with Crippen molar-refractivity contribution in [1.82, 2.24) is 0 Å². The minimum Gasteiger partial charge on any atom is -0.456 e. The molecule has 0 radical (unpaired) electrons. The highest BCUT2D eigenvalue weighted by Gasteiger charge is 2.36. The van der Waals surface area contributed by atoms with Crippen molar-refractivity contribution >= 4 is 38.4 Å². The molecule has 0 fully saturated rings. The largest absolute Gasteiger partial charge is 0.456 e. The molecule has 2 aliphatic carbocycles. The Hall–Kier alpha value is -6.90. The van der Waals surface area contributed by atoms with Crippen molar-refractivity contribution in [3.05, 3.63) is 210 Å². The van der Waals surface area contributed by atoms with Gasteiger partial charge in [0, 0.05) is 33.5 Å². The van der Waals surface area contributed by atoms with E-state index in [1.807, 2.05) is 6.07 Å². The Morgan fingerprint density at radius 1 is 0.509 bits per heavy atom. The van der Waals surface area contributed by atoms with Crippen LogP contribution in [-0.2, 0) is 5.41 Å². The van der Waals surface area contributed by atoms with Crippen molar-refractivity contribution in [3.63, 3.8) is 0 Å². The van der Waals surface area contributed by atoms with E-state index in [9.17, 15) is 0 Å². The fraction of sp³-hybridized carbons (Fsp3) is 0.0909. The fourth-order valence-corrected chi connectivity index (χ4v) is 9.40. The second kappa shape index (κ2) is 13.1.